The minimum absolute atomic E-state index is 0.513. The van der Waals surface area contributed by atoms with Crippen LogP contribution >= 0.6 is 15.9 Å². The number of hydrogen-bond acceptors (Lipinski definition) is 3. The second-order valence-electron chi connectivity index (χ2n) is 4.65. The van der Waals surface area contributed by atoms with Gasteiger partial charge in [-0.1, -0.05) is 31.2 Å². The van der Waals surface area contributed by atoms with Crippen molar-refractivity contribution in [3.63, 3.8) is 0 Å². The van der Waals surface area contributed by atoms with Crippen LogP contribution in [0.1, 0.15) is 18.1 Å². The summed E-state index contributed by atoms with van der Waals surface area (Å²) in [6, 6.07) is 14.0. The van der Waals surface area contributed by atoms with Gasteiger partial charge in [0.15, 0.2) is 0 Å². The molecule has 0 bridgehead atoms. The molecule has 0 aliphatic heterocycles. The van der Waals surface area contributed by atoms with Crippen LogP contribution in [0.5, 0.6) is 11.5 Å². The van der Waals surface area contributed by atoms with E-state index in [1.165, 1.54) is 0 Å². The van der Waals surface area contributed by atoms with Gasteiger partial charge < -0.3 is 14.8 Å². The van der Waals surface area contributed by atoms with Gasteiger partial charge in [-0.2, -0.15) is 0 Å². The van der Waals surface area contributed by atoms with Crippen LogP contribution in [0.3, 0.4) is 0 Å². The molecule has 0 atom stereocenters. The standard InChI is InChI=1S/C17H20BrNO2/c1-3-19-11-14-7-5-9-16(18)17(14)21-12-13-6-4-8-15(10-13)20-2/h4-10,19H,3,11-12H2,1-2H3. The highest BCUT2D eigenvalue weighted by molar-refractivity contribution is 9.10. The molecule has 21 heavy (non-hydrogen) atoms. The Bertz CT molecular complexity index is 587. The average molecular weight is 350 g/mol. The molecule has 0 aromatic heterocycles. The summed E-state index contributed by atoms with van der Waals surface area (Å²) in [7, 11) is 1.67. The molecule has 0 saturated heterocycles. The predicted octanol–water partition coefficient (Wildman–Crippen LogP) is 4.15. The van der Waals surface area contributed by atoms with E-state index in [9.17, 15) is 0 Å². The molecule has 0 fully saturated rings. The van der Waals surface area contributed by atoms with Crippen LogP contribution in [0.15, 0.2) is 46.9 Å². The highest BCUT2D eigenvalue weighted by Gasteiger charge is 2.08. The average Bonchev–Trinajstić information content (AvgIpc) is 2.52. The van der Waals surface area contributed by atoms with Crippen molar-refractivity contribution >= 4 is 15.9 Å². The fourth-order valence-corrected chi connectivity index (χ4v) is 2.55. The zero-order valence-corrected chi connectivity index (χ0v) is 13.9. The molecule has 0 unspecified atom stereocenters. The van der Waals surface area contributed by atoms with Crippen molar-refractivity contribution in [2.24, 2.45) is 0 Å². The minimum atomic E-state index is 0.513. The topological polar surface area (TPSA) is 30.5 Å². The number of rotatable bonds is 7. The fraction of sp³-hybridized carbons (Fsp3) is 0.294. The Labute approximate surface area is 134 Å². The van der Waals surface area contributed by atoms with Gasteiger partial charge in [-0.3, -0.25) is 0 Å². The SMILES string of the molecule is CCNCc1cccc(Br)c1OCc1cccc(OC)c1. The van der Waals surface area contributed by atoms with Gasteiger partial charge in [0, 0.05) is 12.1 Å². The maximum Gasteiger partial charge on any atom is 0.138 e. The summed E-state index contributed by atoms with van der Waals surface area (Å²) in [5, 5.41) is 3.33. The second-order valence-corrected chi connectivity index (χ2v) is 5.50. The quantitative estimate of drug-likeness (QED) is 0.814. The maximum atomic E-state index is 6.01. The number of hydrogen-bond donors (Lipinski definition) is 1. The Hall–Kier alpha value is -1.52. The third-order valence-corrected chi connectivity index (χ3v) is 3.76. The molecule has 0 heterocycles. The van der Waals surface area contributed by atoms with Gasteiger partial charge in [-0.05, 0) is 46.2 Å². The number of halogens is 1. The van der Waals surface area contributed by atoms with E-state index in [1.807, 2.05) is 36.4 Å². The fourth-order valence-electron chi connectivity index (χ4n) is 2.03. The van der Waals surface area contributed by atoms with Crippen LogP contribution in [-0.4, -0.2) is 13.7 Å². The first-order chi connectivity index (χ1) is 10.2. The molecule has 0 saturated carbocycles. The molecule has 0 aliphatic carbocycles. The van der Waals surface area contributed by atoms with Gasteiger partial charge >= 0.3 is 0 Å². The van der Waals surface area contributed by atoms with Crippen LogP contribution in [-0.2, 0) is 13.2 Å². The zero-order valence-electron chi connectivity index (χ0n) is 12.4. The van der Waals surface area contributed by atoms with Crippen LogP contribution in [0.4, 0.5) is 0 Å². The van der Waals surface area contributed by atoms with Gasteiger partial charge in [-0.25, -0.2) is 0 Å². The molecule has 2 aromatic carbocycles. The van der Waals surface area contributed by atoms with E-state index in [0.717, 1.165) is 40.2 Å². The van der Waals surface area contributed by atoms with E-state index in [1.54, 1.807) is 7.11 Å². The normalized spacial score (nSPS) is 10.4. The van der Waals surface area contributed by atoms with E-state index < -0.39 is 0 Å². The minimum Gasteiger partial charge on any atom is -0.497 e. The van der Waals surface area contributed by atoms with Gasteiger partial charge in [0.05, 0.1) is 11.6 Å². The molecule has 0 amide bonds. The molecular formula is C17H20BrNO2. The van der Waals surface area contributed by atoms with E-state index >= 15 is 0 Å². The number of methoxy groups -OCH3 is 1. The number of benzene rings is 2. The number of nitrogens with one attached hydrogen (secondary N) is 1. The second kappa shape index (κ2) is 8.05. The summed E-state index contributed by atoms with van der Waals surface area (Å²) in [4.78, 5) is 0. The highest BCUT2D eigenvalue weighted by Crippen LogP contribution is 2.30. The summed E-state index contributed by atoms with van der Waals surface area (Å²) in [6.45, 7) is 4.33. The van der Waals surface area contributed by atoms with E-state index in [-0.39, 0.29) is 0 Å². The van der Waals surface area contributed by atoms with Crippen molar-refractivity contribution < 1.29 is 9.47 Å². The van der Waals surface area contributed by atoms with Gasteiger partial charge in [-0.15, -0.1) is 0 Å². The lowest BCUT2D eigenvalue weighted by atomic mass is 10.2. The first-order valence-corrected chi connectivity index (χ1v) is 7.77. The van der Waals surface area contributed by atoms with Gasteiger partial charge in [0.25, 0.3) is 0 Å². The van der Waals surface area contributed by atoms with Crippen molar-refractivity contribution in [3.05, 3.63) is 58.1 Å². The van der Waals surface area contributed by atoms with Crippen molar-refractivity contribution in [3.8, 4) is 11.5 Å². The molecule has 3 nitrogen and oxygen atoms in total. The van der Waals surface area contributed by atoms with Crippen molar-refractivity contribution in [2.75, 3.05) is 13.7 Å². The molecule has 0 radical (unpaired) electrons. The monoisotopic (exact) mass is 349 g/mol. The third kappa shape index (κ3) is 4.48. The van der Waals surface area contributed by atoms with E-state index in [4.69, 9.17) is 9.47 Å². The summed E-state index contributed by atoms with van der Waals surface area (Å²) >= 11 is 3.56. The Kier molecular flexibility index (Phi) is 6.08. The lowest BCUT2D eigenvalue weighted by Crippen LogP contribution is -2.13. The molecular weight excluding hydrogens is 330 g/mol. The molecule has 2 aromatic rings. The Morgan fingerprint density at radius 3 is 2.71 bits per heavy atom. The van der Waals surface area contributed by atoms with Crippen LogP contribution < -0.4 is 14.8 Å². The van der Waals surface area contributed by atoms with E-state index in [0.29, 0.717) is 6.61 Å². The van der Waals surface area contributed by atoms with Crippen molar-refractivity contribution in [1.29, 1.82) is 0 Å². The van der Waals surface area contributed by atoms with E-state index in [2.05, 4.69) is 34.2 Å². The molecule has 112 valence electrons. The van der Waals surface area contributed by atoms with Crippen molar-refractivity contribution in [1.82, 2.24) is 5.32 Å². The maximum absolute atomic E-state index is 6.01. The molecule has 2 rings (SSSR count). The summed E-state index contributed by atoms with van der Waals surface area (Å²) in [5.74, 6) is 1.73. The summed E-state index contributed by atoms with van der Waals surface area (Å²) < 4.78 is 12.2. The summed E-state index contributed by atoms with van der Waals surface area (Å²) in [5.41, 5.74) is 2.23. The molecule has 0 spiro atoms. The van der Waals surface area contributed by atoms with Crippen LogP contribution in [0, 0.1) is 0 Å². The largest absolute Gasteiger partial charge is 0.497 e. The Morgan fingerprint density at radius 2 is 1.95 bits per heavy atom. The lowest BCUT2D eigenvalue weighted by molar-refractivity contribution is 0.299. The third-order valence-electron chi connectivity index (χ3n) is 3.13. The lowest BCUT2D eigenvalue weighted by Gasteiger charge is -2.14. The first-order valence-electron chi connectivity index (χ1n) is 6.98. The van der Waals surface area contributed by atoms with Crippen LogP contribution in [0.2, 0.25) is 0 Å². The number of ether oxygens (including phenoxy) is 2. The Balaban J connectivity index is 2.11. The van der Waals surface area contributed by atoms with Gasteiger partial charge in [0.1, 0.15) is 18.1 Å². The van der Waals surface area contributed by atoms with Crippen LogP contribution in [0.25, 0.3) is 0 Å². The first kappa shape index (κ1) is 15.9. The number of para-hydroxylation sites is 1. The highest BCUT2D eigenvalue weighted by atomic mass is 79.9. The predicted molar refractivity (Wildman–Crippen MR) is 88.8 cm³/mol. The van der Waals surface area contributed by atoms with Crippen molar-refractivity contribution in [2.45, 2.75) is 20.1 Å². The summed E-state index contributed by atoms with van der Waals surface area (Å²) in [6.07, 6.45) is 0. The molecule has 1 N–H and O–H groups in total. The zero-order chi connectivity index (χ0) is 15.1. The smallest absolute Gasteiger partial charge is 0.138 e. The van der Waals surface area contributed by atoms with Gasteiger partial charge in [0.2, 0.25) is 0 Å². The molecule has 4 heteroatoms. The molecule has 0 aliphatic rings. The Morgan fingerprint density at radius 1 is 1.14 bits per heavy atom.